The Labute approximate surface area is 108 Å². The van der Waals surface area contributed by atoms with Gasteiger partial charge in [-0.1, -0.05) is 17.7 Å². The summed E-state index contributed by atoms with van der Waals surface area (Å²) in [6, 6.07) is 5.68. The highest BCUT2D eigenvalue weighted by Gasteiger charge is 2.09. The smallest absolute Gasteiger partial charge is 0.325 e. The standard InChI is InChI=1S/C11H11ClN2O4/c12-7-2-1-3-8(6-7)13-11(18)14-9(15)4-5-10(16)17/h1-3,6H,4-5H2,(H,16,17)(H2,13,14,15,18). The molecule has 3 N–H and O–H groups in total. The third-order valence-corrected chi connectivity index (χ3v) is 2.14. The van der Waals surface area contributed by atoms with Gasteiger partial charge in [-0.3, -0.25) is 14.9 Å². The summed E-state index contributed by atoms with van der Waals surface area (Å²) in [6.07, 6.45) is -0.575. The van der Waals surface area contributed by atoms with Crippen molar-refractivity contribution in [2.75, 3.05) is 5.32 Å². The first-order valence-corrected chi connectivity index (χ1v) is 5.43. The number of imide groups is 1. The fourth-order valence-corrected chi connectivity index (χ4v) is 1.33. The van der Waals surface area contributed by atoms with Crippen LogP contribution in [0.15, 0.2) is 24.3 Å². The molecule has 0 spiro atoms. The number of carbonyl (C=O) groups excluding carboxylic acids is 2. The van der Waals surface area contributed by atoms with Gasteiger partial charge in [0.1, 0.15) is 0 Å². The molecule has 0 fully saturated rings. The quantitative estimate of drug-likeness (QED) is 0.778. The SMILES string of the molecule is O=C(O)CCC(=O)NC(=O)Nc1cccc(Cl)c1. The Morgan fingerprint density at radius 1 is 1.22 bits per heavy atom. The number of amides is 3. The van der Waals surface area contributed by atoms with E-state index in [9.17, 15) is 14.4 Å². The van der Waals surface area contributed by atoms with Gasteiger partial charge in [-0.15, -0.1) is 0 Å². The van der Waals surface area contributed by atoms with Gasteiger partial charge in [-0.05, 0) is 18.2 Å². The fraction of sp³-hybridized carbons (Fsp3) is 0.182. The van der Waals surface area contributed by atoms with Gasteiger partial charge >= 0.3 is 12.0 Å². The van der Waals surface area contributed by atoms with Crippen LogP contribution in [0.3, 0.4) is 0 Å². The monoisotopic (exact) mass is 270 g/mol. The maximum atomic E-state index is 11.3. The number of nitrogens with one attached hydrogen (secondary N) is 2. The minimum atomic E-state index is -1.10. The molecule has 96 valence electrons. The molecule has 3 amide bonds. The van der Waals surface area contributed by atoms with Crippen molar-refractivity contribution < 1.29 is 19.5 Å². The first-order valence-electron chi connectivity index (χ1n) is 5.05. The van der Waals surface area contributed by atoms with Crippen molar-refractivity contribution in [3.05, 3.63) is 29.3 Å². The Morgan fingerprint density at radius 2 is 1.94 bits per heavy atom. The summed E-state index contributed by atoms with van der Waals surface area (Å²) in [5.41, 5.74) is 0.436. The zero-order valence-corrected chi connectivity index (χ0v) is 10.0. The maximum absolute atomic E-state index is 11.3. The molecule has 0 saturated heterocycles. The van der Waals surface area contributed by atoms with Gasteiger partial charge in [0.25, 0.3) is 0 Å². The highest BCUT2D eigenvalue weighted by Crippen LogP contribution is 2.14. The van der Waals surface area contributed by atoms with Gasteiger partial charge in [-0.25, -0.2) is 4.79 Å². The van der Waals surface area contributed by atoms with Crippen LogP contribution in [0.25, 0.3) is 0 Å². The van der Waals surface area contributed by atoms with E-state index in [1.807, 2.05) is 5.32 Å². The second-order valence-corrected chi connectivity index (χ2v) is 3.84. The lowest BCUT2D eigenvalue weighted by Crippen LogP contribution is -2.34. The Bertz CT molecular complexity index is 476. The second kappa shape index (κ2) is 6.61. The zero-order chi connectivity index (χ0) is 13.5. The van der Waals surface area contributed by atoms with Crippen LogP contribution in [-0.2, 0) is 9.59 Å². The Morgan fingerprint density at radius 3 is 2.56 bits per heavy atom. The Balaban J connectivity index is 2.42. The van der Waals surface area contributed by atoms with E-state index in [0.29, 0.717) is 10.7 Å². The van der Waals surface area contributed by atoms with Gasteiger partial charge in [0.05, 0.1) is 6.42 Å². The topological polar surface area (TPSA) is 95.5 Å². The molecule has 0 radical (unpaired) electrons. The van der Waals surface area contributed by atoms with Crippen molar-refractivity contribution in [1.82, 2.24) is 5.32 Å². The number of urea groups is 1. The molecule has 0 saturated carbocycles. The predicted octanol–water partition coefficient (Wildman–Crippen LogP) is 1.85. The van der Waals surface area contributed by atoms with Crippen molar-refractivity contribution in [2.45, 2.75) is 12.8 Å². The molecular formula is C11H11ClN2O4. The Hall–Kier alpha value is -2.08. The lowest BCUT2D eigenvalue weighted by atomic mass is 10.3. The van der Waals surface area contributed by atoms with Gasteiger partial charge in [0.2, 0.25) is 5.91 Å². The highest BCUT2D eigenvalue weighted by atomic mass is 35.5. The molecule has 0 aliphatic carbocycles. The van der Waals surface area contributed by atoms with E-state index in [2.05, 4.69) is 5.32 Å². The lowest BCUT2D eigenvalue weighted by molar-refractivity contribution is -0.138. The van der Waals surface area contributed by atoms with Crippen LogP contribution in [0, 0.1) is 0 Å². The summed E-state index contributed by atoms with van der Waals surface area (Å²) in [4.78, 5) is 32.7. The summed E-state index contributed by atoms with van der Waals surface area (Å²) < 4.78 is 0. The fourth-order valence-electron chi connectivity index (χ4n) is 1.14. The van der Waals surface area contributed by atoms with Crippen LogP contribution in [0.1, 0.15) is 12.8 Å². The van der Waals surface area contributed by atoms with Crippen molar-refractivity contribution in [1.29, 1.82) is 0 Å². The molecule has 1 aromatic carbocycles. The van der Waals surface area contributed by atoms with Crippen molar-refractivity contribution >= 4 is 35.2 Å². The number of aliphatic carboxylic acids is 1. The number of hydrogen-bond donors (Lipinski definition) is 3. The number of hydrogen-bond acceptors (Lipinski definition) is 3. The molecule has 7 heteroatoms. The van der Waals surface area contributed by atoms with Crippen LogP contribution in [-0.4, -0.2) is 23.0 Å². The normalized spacial score (nSPS) is 9.61. The van der Waals surface area contributed by atoms with E-state index < -0.39 is 17.9 Å². The van der Waals surface area contributed by atoms with Crippen LogP contribution < -0.4 is 10.6 Å². The Kier molecular flexibility index (Phi) is 5.13. The van der Waals surface area contributed by atoms with Crippen molar-refractivity contribution in [3.63, 3.8) is 0 Å². The van der Waals surface area contributed by atoms with Gasteiger partial charge in [0, 0.05) is 17.1 Å². The molecule has 1 aromatic rings. The van der Waals surface area contributed by atoms with Crippen molar-refractivity contribution in [2.24, 2.45) is 0 Å². The average molecular weight is 271 g/mol. The molecule has 0 atom stereocenters. The number of carboxylic acid groups (broad SMARTS) is 1. The molecule has 0 bridgehead atoms. The lowest BCUT2D eigenvalue weighted by Gasteiger charge is -2.06. The maximum Gasteiger partial charge on any atom is 0.325 e. The third-order valence-electron chi connectivity index (χ3n) is 1.90. The molecule has 0 aromatic heterocycles. The first-order chi connectivity index (χ1) is 8.47. The van der Waals surface area contributed by atoms with Crippen LogP contribution in [0.2, 0.25) is 5.02 Å². The minimum Gasteiger partial charge on any atom is -0.481 e. The highest BCUT2D eigenvalue weighted by molar-refractivity contribution is 6.30. The number of rotatable bonds is 4. The van der Waals surface area contributed by atoms with Crippen molar-refractivity contribution in [3.8, 4) is 0 Å². The number of benzene rings is 1. The molecule has 0 heterocycles. The van der Waals surface area contributed by atoms with Crippen LogP contribution in [0.5, 0.6) is 0 Å². The molecular weight excluding hydrogens is 260 g/mol. The first kappa shape index (κ1) is 14.0. The van der Waals surface area contributed by atoms with Gasteiger partial charge in [-0.2, -0.15) is 0 Å². The summed E-state index contributed by atoms with van der Waals surface area (Å²) in [5.74, 6) is -1.75. The second-order valence-electron chi connectivity index (χ2n) is 3.41. The molecule has 18 heavy (non-hydrogen) atoms. The molecule has 0 aliphatic heterocycles. The summed E-state index contributed by atoms with van der Waals surface area (Å²) >= 11 is 5.71. The van der Waals surface area contributed by atoms with Gasteiger partial charge < -0.3 is 10.4 Å². The van der Waals surface area contributed by atoms with Gasteiger partial charge in [0.15, 0.2) is 0 Å². The number of anilines is 1. The average Bonchev–Trinajstić information content (AvgIpc) is 2.26. The third kappa shape index (κ3) is 5.31. The molecule has 0 aliphatic rings. The largest absolute Gasteiger partial charge is 0.481 e. The van der Waals surface area contributed by atoms with E-state index in [4.69, 9.17) is 16.7 Å². The number of carbonyl (C=O) groups is 3. The summed E-state index contributed by atoms with van der Waals surface area (Å²) in [5, 5.41) is 13.2. The number of carboxylic acids is 1. The van der Waals surface area contributed by atoms with E-state index in [1.54, 1.807) is 18.2 Å². The molecule has 6 nitrogen and oxygen atoms in total. The molecule has 0 unspecified atom stereocenters. The zero-order valence-electron chi connectivity index (χ0n) is 9.27. The predicted molar refractivity (Wildman–Crippen MR) is 65.5 cm³/mol. The number of halogens is 1. The summed E-state index contributed by atoms with van der Waals surface area (Å²) in [6.45, 7) is 0. The van der Waals surface area contributed by atoms with Crippen LogP contribution >= 0.6 is 11.6 Å². The minimum absolute atomic E-state index is 0.252. The van der Waals surface area contributed by atoms with E-state index in [0.717, 1.165) is 0 Å². The van der Waals surface area contributed by atoms with E-state index >= 15 is 0 Å². The molecule has 1 rings (SSSR count). The van der Waals surface area contributed by atoms with Crippen LogP contribution in [0.4, 0.5) is 10.5 Å². The van der Waals surface area contributed by atoms with E-state index in [-0.39, 0.29) is 12.8 Å². The summed E-state index contributed by atoms with van der Waals surface area (Å²) in [7, 11) is 0. The van der Waals surface area contributed by atoms with E-state index in [1.165, 1.54) is 6.07 Å².